The molecule has 1 amide bonds. The third-order valence-corrected chi connectivity index (χ3v) is 2.69. The molecule has 2 rings (SSSR count). The van der Waals surface area contributed by atoms with Crippen molar-refractivity contribution in [3.63, 3.8) is 0 Å². The lowest BCUT2D eigenvalue weighted by Gasteiger charge is -2.05. The summed E-state index contributed by atoms with van der Waals surface area (Å²) in [6, 6.07) is 6.87. The number of halogens is 3. The normalized spacial score (nSPS) is 10.2. The van der Waals surface area contributed by atoms with Gasteiger partial charge in [-0.1, -0.05) is 23.2 Å². The highest BCUT2D eigenvalue weighted by atomic mass is 35.5. The van der Waals surface area contributed by atoms with Crippen LogP contribution in [0.15, 0.2) is 36.5 Å². The van der Waals surface area contributed by atoms with Gasteiger partial charge in [0.05, 0.1) is 5.02 Å². The molecule has 1 aromatic heterocycles. The van der Waals surface area contributed by atoms with Crippen molar-refractivity contribution >= 4 is 34.9 Å². The topological polar surface area (TPSA) is 42.0 Å². The van der Waals surface area contributed by atoms with Crippen molar-refractivity contribution < 1.29 is 9.18 Å². The smallest absolute Gasteiger partial charge is 0.256 e. The Labute approximate surface area is 113 Å². The maximum Gasteiger partial charge on any atom is 0.256 e. The zero-order valence-corrected chi connectivity index (χ0v) is 10.5. The maximum absolute atomic E-state index is 13.2. The summed E-state index contributed by atoms with van der Waals surface area (Å²) in [6.45, 7) is 0. The molecule has 1 N–H and O–H groups in total. The first-order chi connectivity index (χ1) is 8.56. The Morgan fingerprint density at radius 1 is 1.22 bits per heavy atom. The summed E-state index contributed by atoms with van der Waals surface area (Å²) in [4.78, 5) is 15.7. The molecule has 0 aliphatic carbocycles. The minimum absolute atomic E-state index is 0.0348. The summed E-state index contributed by atoms with van der Waals surface area (Å²) in [5, 5.41) is 2.91. The van der Waals surface area contributed by atoms with Gasteiger partial charge >= 0.3 is 0 Å². The van der Waals surface area contributed by atoms with Crippen LogP contribution < -0.4 is 5.32 Å². The van der Waals surface area contributed by atoms with E-state index in [1.165, 1.54) is 24.4 Å². The highest BCUT2D eigenvalue weighted by molar-refractivity contribution is 6.31. The Morgan fingerprint density at radius 2 is 2.00 bits per heavy atom. The lowest BCUT2D eigenvalue weighted by atomic mass is 10.2. The van der Waals surface area contributed by atoms with Crippen LogP contribution in [0.3, 0.4) is 0 Å². The van der Waals surface area contributed by atoms with Gasteiger partial charge in [0.25, 0.3) is 5.91 Å². The lowest BCUT2D eigenvalue weighted by Crippen LogP contribution is -2.13. The van der Waals surface area contributed by atoms with Crippen molar-refractivity contribution in [3.8, 4) is 0 Å². The van der Waals surface area contributed by atoms with E-state index in [1.54, 1.807) is 6.07 Å². The van der Waals surface area contributed by atoms with Gasteiger partial charge in [-0.25, -0.2) is 9.37 Å². The van der Waals surface area contributed by atoms with Crippen LogP contribution in [0.5, 0.6) is 0 Å². The fraction of sp³-hybridized carbons (Fsp3) is 0. The number of amides is 1. The lowest BCUT2D eigenvalue weighted by molar-refractivity contribution is 0.102. The number of carbonyl (C=O) groups excluding carboxylic acids is 1. The standard InChI is InChI=1S/C12H7Cl2FN2O/c13-8-3-4-16-11(6-8)17-12(18)7-1-2-9(14)10(15)5-7/h1-6H,(H,16,17,18). The number of nitrogens with one attached hydrogen (secondary N) is 1. The minimum atomic E-state index is -0.650. The molecule has 2 aromatic rings. The summed E-state index contributed by atoms with van der Waals surface area (Å²) in [6.07, 6.45) is 1.46. The molecule has 0 aliphatic rings. The molecule has 0 aliphatic heterocycles. The van der Waals surface area contributed by atoms with E-state index in [9.17, 15) is 9.18 Å². The molecule has 0 fully saturated rings. The quantitative estimate of drug-likeness (QED) is 0.912. The molecule has 18 heavy (non-hydrogen) atoms. The molecule has 0 saturated heterocycles. The van der Waals surface area contributed by atoms with Crippen LogP contribution in [-0.2, 0) is 0 Å². The van der Waals surface area contributed by atoms with E-state index in [4.69, 9.17) is 23.2 Å². The van der Waals surface area contributed by atoms with Crippen molar-refractivity contribution in [1.82, 2.24) is 4.98 Å². The Morgan fingerprint density at radius 3 is 2.67 bits per heavy atom. The average Bonchev–Trinajstić information content (AvgIpc) is 2.32. The van der Waals surface area contributed by atoms with Crippen LogP contribution >= 0.6 is 23.2 Å². The van der Waals surface area contributed by atoms with Crippen molar-refractivity contribution in [2.45, 2.75) is 0 Å². The van der Waals surface area contributed by atoms with Gasteiger partial charge in [-0.15, -0.1) is 0 Å². The largest absolute Gasteiger partial charge is 0.307 e. The van der Waals surface area contributed by atoms with E-state index in [0.29, 0.717) is 10.8 Å². The van der Waals surface area contributed by atoms with Crippen molar-refractivity contribution in [2.24, 2.45) is 0 Å². The number of hydrogen-bond donors (Lipinski definition) is 1. The Kier molecular flexibility index (Phi) is 3.79. The van der Waals surface area contributed by atoms with Crippen LogP contribution in [0.25, 0.3) is 0 Å². The van der Waals surface area contributed by atoms with Gasteiger partial charge in [-0.2, -0.15) is 0 Å². The Hall–Kier alpha value is -1.65. The van der Waals surface area contributed by atoms with Crippen molar-refractivity contribution in [2.75, 3.05) is 5.32 Å². The van der Waals surface area contributed by atoms with E-state index < -0.39 is 11.7 Å². The van der Waals surface area contributed by atoms with Crippen LogP contribution in [-0.4, -0.2) is 10.9 Å². The number of nitrogens with zero attached hydrogens (tertiary/aromatic N) is 1. The molecule has 0 radical (unpaired) electrons. The molecular formula is C12H7Cl2FN2O. The molecule has 92 valence electrons. The van der Waals surface area contributed by atoms with E-state index in [0.717, 1.165) is 6.07 Å². The molecule has 0 saturated carbocycles. The number of hydrogen-bond acceptors (Lipinski definition) is 2. The molecule has 1 heterocycles. The second kappa shape index (κ2) is 5.33. The number of aromatic nitrogens is 1. The second-order valence-electron chi connectivity index (χ2n) is 3.44. The second-order valence-corrected chi connectivity index (χ2v) is 4.29. The third kappa shape index (κ3) is 2.97. The van der Waals surface area contributed by atoms with Gasteiger partial charge in [-0.3, -0.25) is 4.79 Å². The van der Waals surface area contributed by atoms with Crippen molar-refractivity contribution in [3.05, 3.63) is 58.0 Å². The SMILES string of the molecule is O=C(Nc1cc(Cl)ccn1)c1ccc(Cl)c(F)c1. The first kappa shape index (κ1) is 12.8. The Balaban J connectivity index is 2.19. The van der Waals surface area contributed by atoms with E-state index in [2.05, 4.69) is 10.3 Å². The van der Waals surface area contributed by atoms with Crippen LogP contribution in [0.1, 0.15) is 10.4 Å². The first-order valence-electron chi connectivity index (χ1n) is 4.94. The molecule has 0 unspecified atom stereocenters. The summed E-state index contributed by atoms with van der Waals surface area (Å²) in [5.74, 6) is -0.841. The molecule has 6 heteroatoms. The summed E-state index contributed by atoms with van der Waals surface area (Å²) in [5.41, 5.74) is 0.152. The highest BCUT2D eigenvalue weighted by Gasteiger charge is 2.09. The van der Waals surface area contributed by atoms with Crippen LogP contribution in [0, 0.1) is 5.82 Å². The van der Waals surface area contributed by atoms with Gasteiger partial charge in [-0.05, 0) is 30.3 Å². The zero-order chi connectivity index (χ0) is 13.1. The Bertz CT molecular complexity index is 604. The monoisotopic (exact) mass is 284 g/mol. The van der Waals surface area contributed by atoms with Gasteiger partial charge in [0.1, 0.15) is 11.6 Å². The van der Waals surface area contributed by atoms with Gasteiger partial charge in [0.15, 0.2) is 0 Å². The summed E-state index contributed by atoms with van der Waals surface area (Å²) in [7, 11) is 0. The molecule has 0 atom stereocenters. The number of rotatable bonds is 2. The first-order valence-corrected chi connectivity index (χ1v) is 5.70. The van der Waals surface area contributed by atoms with E-state index in [-0.39, 0.29) is 10.6 Å². The van der Waals surface area contributed by atoms with Gasteiger partial charge in [0.2, 0.25) is 0 Å². The highest BCUT2D eigenvalue weighted by Crippen LogP contribution is 2.17. The summed E-state index contributed by atoms with van der Waals surface area (Å²) >= 11 is 11.3. The number of benzene rings is 1. The number of anilines is 1. The molecule has 3 nitrogen and oxygen atoms in total. The zero-order valence-electron chi connectivity index (χ0n) is 8.95. The van der Waals surface area contributed by atoms with E-state index >= 15 is 0 Å². The van der Waals surface area contributed by atoms with Crippen molar-refractivity contribution in [1.29, 1.82) is 0 Å². The molecule has 1 aromatic carbocycles. The third-order valence-electron chi connectivity index (χ3n) is 2.15. The molecule has 0 spiro atoms. The van der Waals surface area contributed by atoms with Crippen LogP contribution in [0.2, 0.25) is 10.0 Å². The van der Waals surface area contributed by atoms with Gasteiger partial charge in [0, 0.05) is 16.8 Å². The maximum atomic E-state index is 13.2. The van der Waals surface area contributed by atoms with E-state index in [1.807, 2.05) is 0 Å². The summed E-state index contributed by atoms with van der Waals surface area (Å²) < 4.78 is 13.2. The average molecular weight is 285 g/mol. The number of carbonyl (C=O) groups is 1. The molecular weight excluding hydrogens is 278 g/mol. The predicted octanol–water partition coefficient (Wildman–Crippen LogP) is 3.78. The van der Waals surface area contributed by atoms with Crippen LogP contribution in [0.4, 0.5) is 10.2 Å². The fourth-order valence-electron chi connectivity index (χ4n) is 1.30. The molecule has 0 bridgehead atoms. The number of pyridine rings is 1. The van der Waals surface area contributed by atoms with Gasteiger partial charge < -0.3 is 5.32 Å². The minimum Gasteiger partial charge on any atom is -0.307 e. The fourth-order valence-corrected chi connectivity index (χ4v) is 1.58. The predicted molar refractivity (Wildman–Crippen MR) is 68.6 cm³/mol.